The number of benzene rings is 1. The van der Waals surface area contributed by atoms with Gasteiger partial charge in [-0.1, -0.05) is 0 Å². The number of carbonyl (C=O) groups is 2. The second kappa shape index (κ2) is 8.57. The van der Waals surface area contributed by atoms with E-state index in [0.29, 0.717) is 30.9 Å². The molecule has 1 aromatic rings. The molecule has 0 saturated heterocycles. The van der Waals surface area contributed by atoms with Crippen molar-refractivity contribution in [2.75, 3.05) is 13.2 Å². The molecule has 0 aliphatic rings. The summed E-state index contributed by atoms with van der Waals surface area (Å²) in [5.74, 6) is -0.395. The van der Waals surface area contributed by atoms with Gasteiger partial charge in [-0.2, -0.15) is 0 Å². The molecule has 0 bridgehead atoms. The monoisotopic (exact) mass is 293 g/mol. The molecule has 1 rings (SSSR count). The van der Waals surface area contributed by atoms with Crippen LogP contribution in [-0.4, -0.2) is 31.0 Å². The van der Waals surface area contributed by atoms with Crippen LogP contribution in [0.15, 0.2) is 29.3 Å². The van der Waals surface area contributed by atoms with Gasteiger partial charge in [0.1, 0.15) is 5.75 Å². The molecule has 0 aromatic heterocycles. The summed E-state index contributed by atoms with van der Waals surface area (Å²) in [5, 5.41) is 0. The fraction of sp³-hybridized carbons (Fsp3) is 0.357. The van der Waals surface area contributed by atoms with Gasteiger partial charge in [-0.3, -0.25) is 9.79 Å². The van der Waals surface area contributed by atoms with Gasteiger partial charge in [0, 0.05) is 13.5 Å². The van der Waals surface area contributed by atoms with Crippen LogP contribution in [-0.2, 0) is 9.53 Å². The molecule has 0 heterocycles. The topological polar surface area (TPSA) is 117 Å². The van der Waals surface area contributed by atoms with Gasteiger partial charge in [-0.25, -0.2) is 4.79 Å². The maximum absolute atomic E-state index is 11.7. The molecular weight excluding hydrogens is 274 g/mol. The third kappa shape index (κ3) is 6.95. The molecule has 0 saturated carbocycles. The number of esters is 2. The third-order valence-electron chi connectivity index (χ3n) is 2.43. The van der Waals surface area contributed by atoms with E-state index in [2.05, 4.69) is 4.99 Å². The Hall–Kier alpha value is -2.57. The van der Waals surface area contributed by atoms with Crippen molar-refractivity contribution < 1.29 is 19.1 Å². The van der Waals surface area contributed by atoms with Crippen molar-refractivity contribution in [3.05, 3.63) is 29.8 Å². The van der Waals surface area contributed by atoms with Crippen molar-refractivity contribution in [1.82, 2.24) is 0 Å². The van der Waals surface area contributed by atoms with Crippen LogP contribution in [0.1, 0.15) is 30.1 Å². The zero-order valence-corrected chi connectivity index (χ0v) is 11.9. The van der Waals surface area contributed by atoms with Gasteiger partial charge in [0.15, 0.2) is 5.96 Å². The minimum atomic E-state index is -0.425. The molecule has 21 heavy (non-hydrogen) atoms. The molecule has 7 nitrogen and oxygen atoms in total. The Balaban J connectivity index is 2.32. The predicted octanol–water partition coefficient (Wildman–Crippen LogP) is 0.822. The highest BCUT2D eigenvalue weighted by molar-refractivity contribution is 5.89. The number of nitrogens with zero attached hydrogens (tertiary/aromatic N) is 1. The van der Waals surface area contributed by atoms with E-state index in [1.54, 1.807) is 12.1 Å². The van der Waals surface area contributed by atoms with Crippen LogP contribution < -0.4 is 16.2 Å². The molecule has 114 valence electrons. The van der Waals surface area contributed by atoms with Gasteiger partial charge < -0.3 is 20.9 Å². The van der Waals surface area contributed by atoms with Crippen molar-refractivity contribution in [3.8, 4) is 5.75 Å². The van der Waals surface area contributed by atoms with Crippen LogP contribution in [0.3, 0.4) is 0 Å². The number of guanidine groups is 1. The van der Waals surface area contributed by atoms with E-state index in [0.717, 1.165) is 6.42 Å². The molecule has 0 aliphatic heterocycles. The third-order valence-corrected chi connectivity index (χ3v) is 2.43. The quantitative estimate of drug-likeness (QED) is 0.253. The molecule has 0 unspecified atom stereocenters. The number of rotatable bonds is 7. The van der Waals surface area contributed by atoms with Crippen molar-refractivity contribution in [3.63, 3.8) is 0 Å². The first-order chi connectivity index (χ1) is 9.99. The summed E-state index contributed by atoms with van der Waals surface area (Å²) in [7, 11) is 0. The van der Waals surface area contributed by atoms with Gasteiger partial charge in [0.25, 0.3) is 0 Å². The number of nitrogens with two attached hydrogens (primary N) is 2. The Kier molecular flexibility index (Phi) is 6.73. The summed E-state index contributed by atoms with van der Waals surface area (Å²) >= 11 is 0. The number of hydrogen-bond acceptors (Lipinski definition) is 5. The van der Waals surface area contributed by atoms with E-state index < -0.39 is 11.9 Å². The normalized spacial score (nSPS) is 9.76. The lowest BCUT2D eigenvalue weighted by Crippen LogP contribution is -2.23. The zero-order valence-electron chi connectivity index (χ0n) is 11.9. The molecule has 0 spiro atoms. The smallest absolute Gasteiger partial charge is 0.338 e. The molecule has 0 amide bonds. The highest BCUT2D eigenvalue weighted by Gasteiger charge is 2.07. The Bertz CT molecular complexity index is 507. The van der Waals surface area contributed by atoms with E-state index in [9.17, 15) is 9.59 Å². The summed E-state index contributed by atoms with van der Waals surface area (Å²) in [5.41, 5.74) is 10.8. The molecular formula is C14H19N3O4. The first kappa shape index (κ1) is 16.5. The molecule has 0 fully saturated rings. The van der Waals surface area contributed by atoms with Gasteiger partial charge in [-0.15, -0.1) is 0 Å². The first-order valence-electron chi connectivity index (χ1n) is 6.50. The number of hydrogen-bond donors (Lipinski definition) is 2. The average molecular weight is 293 g/mol. The standard InChI is InChI=1S/C14H19N3O4/c1-10(18)21-12-6-4-11(5-7-12)13(19)20-9-3-2-8-17-14(15)16/h4-7H,2-3,8-9H2,1H3,(H4,15,16,17). The minimum absolute atomic E-state index is 0.0554. The first-order valence-corrected chi connectivity index (χ1v) is 6.50. The lowest BCUT2D eigenvalue weighted by molar-refractivity contribution is -0.131. The van der Waals surface area contributed by atoms with Crippen LogP contribution >= 0.6 is 0 Å². The van der Waals surface area contributed by atoms with E-state index in [1.807, 2.05) is 0 Å². The maximum atomic E-state index is 11.7. The highest BCUT2D eigenvalue weighted by atomic mass is 16.5. The highest BCUT2D eigenvalue weighted by Crippen LogP contribution is 2.13. The molecule has 0 atom stereocenters. The van der Waals surface area contributed by atoms with Crippen molar-refractivity contribution in [2.45, 2.75) is 19.8 Å². The second-order valence-electron chi connectivity index (χ2n) is 4.27. The van der Waals surface area contributed by atoms with E-state index in [-0.39, 0.29) is 5.96 Å². The Morgan fingerprint density at radius 1 is 1.14 bits per heavy atom. The molecule has 7 heteroatoms. The zero-order chi connectivity index (χ0) is 15.7. The van der Waals surface area contributed by atoms with Gasteiger partial charge in [-0.05, 0) is 37.1 Å². The average Bonchev–Trinajstić information content (AvgIpc) is 2.42. The maximum Gasteiger partial charge on any atom is 0.338 e. The largest absolute Gasteiger partial charge is 0.462 e. The summed E-state index contributed by atoms with van der Waals surface area (Å²) in [6, 6.07) is 6.16. The van der Waals surface area contributed by atoms with Crippen LogP contribution in [0.4, 0.5) is 0 Å². The van der Waals surface area contributed by atoms with Gasteiger partial charge >= 0.3 is 11.9 Å². The minimum Gasteiger partial charge on any atom is -0.462 e. The molecule has 0 aliphatic carbocycles. The SMILES string of the molecule is CC(=O)Oc1ccc(C(=O)OCCCCN=C(N)N)cc1. The second-order valence-corrected chi connectivity index (χ2v) is 4.27. The van der Waals surface area contributed by atoms with Crippen LogP contribution in [0.2, 0.25) is 0 Å². The van der Waals surface area contributed by atoms with Gasteiger partial charge in [0.05, 0.1) is 12.2 Å². The van der Waals surface area contributed by atoms with E-state index in [4.69, 9.17) is 20.9 Å². The Labute approximate surface area is 122 Å². The number of aliphatic imine (C=N–C) groups is 1. The lowest BCUT2D eigenvalue weighted by Gasteiger charge is -2.05. The van der Waals surface area contributed by atoms with E-state index >= 15 is 0 Å². The fourth-order valence-corrected chi connectivity index (χ4v) is 1.50. The molecule has 1 aromatic carbocycles. The lowest BCUT2D eigenvalue weighted by atomic mass is 10.2. The molecule has 4 N–H and O–H groups in total. The number of carbonyl (C=O) groups excluding carboxylic acids is 2. The van der Waals surface area contributed by atoms with Gasteiger partial charge in [0.2, 0.25) is 0 Å². The van der Waals surface area contributed by atoms with Crippen LogP contribution in [0, 0.1) is 0 Å². The summed E-state index contributed by atoms with van der Waals surface area (Å²) in [6.45, 7) is 2.12. The number of ether oxygens (including phenoxy) is 2. The predicted molar refractivity (Wildman–Crippen MR) is 77.9 cm³/mol. The van der Waals surface area contributed by atoms with Crippen molar-refractivity contribution in [2.24, 2.45) is 16.5 Å². The van der Waals surface area contributed by atoms with Crippen LogP contribution in [0.25, 0.3) is 0 Å². The summed E-state index contributed by atoms with van der Waals surface area (Å²) in [6.07, 6.45) is 1.41. The van der Waals surface area contributed by atoms with Crippen molar-refractivity contribution in [1.29, 1.82) is 0 Å². The fourth-order valence-electron chi connectivity index (χ4n) is 1.50. The number of unbranched alkanes of at least 4 members (excludes halogenated alkanes) is 1. The Morgan fingerprint density at radius 3 is 2.38 bits per heavy atom. The van der Waals surface area contributed by atoms with Crippen LogP contribution in [0.5, 0.6) is 5.75 Å². The van der Waals surface area contributed by atoms with Crippen molar-refractivity contribution >= 4 is 17.9 Å². The summed E-state index contributed by atoms with van der Waals surface area (Å²) < 4.78 is 9.97. The molecule has 0 radical (unpaired) electrons. The Morgan fingerprint density at radius 2 is 1.81 bits per heavy atom. The summed E-state index contributed by atoms with van der Waals surface area (Å²) in [4.78, 5) is 26.3. The van der Waals surface area contributed by atoms with E-state index in [1.165, 1.54) is 19.1 Å².